The highest BCUT2D eigenvalue weighted by molar-refractivity contribution is 9.10. The number of ether oxygens (including phenoxy) is 1. The minimum atomic E-state index is -1.96. The van der Waals surface area contributed by atoms with Gasteiger partial charge in [-0.3, -0.25) is 38.4 Å². The van der Waals surface area contributed by atoms with E-state index in [0.717, 1.165) is 14.9 Å². The summed E-state index contributed by atoms with van der Waals surface area (Å²) in [5, 5.41) is 20.3. The topological polar surface area (TPSA) is 235 Å². The maximum Gasteiger partial charge on any atom is 0.332 e. The first-order valence-corrected chi connectivity index (χ1v) is 28.3. The van der Waals surface area contributed by atoms with Crippen LogP contribution in [0.15, 0.2) is 59.1 Å². The van der Waals surface area contributed by atoms with E-state index in [0.29, 0.717) is 24.8 Å². The minimum absolute atomic E-state index is 0.0119. The van der Waals surface area contributed by atoms with Gasteiger partial charge in [0, 0.05) is 64.5 Å². The summed E-state index contributed by atoms with van der Waals surface area (Å²) in [6, 6.07) is 7.63. The molecule has 8 amide bonds. The average molecular weight is 1150 g/mol. The molecule has 0 spiro atoms. The maximum atomic E-state index is 15.2. The molecule has 11 atom stereocenters. The van der Waals surface area contributed by atoms with Crippen LogP contribution in [0.1, 0.15) is 119 Å². The Balaban J connectivity index is 1.91. The van der Waals surface area contributed by atoms with Gasteiger partial charge in [0.2, 0.25) is 41.4 Å². The minimum Gasteiger partial charge on any atom is -0.450 e. The van der Waals surface area contributed by atoms with Crippen LogP contribution in [0.3, 0.4) is 0 Å². The van der Waals surface area contributed by atoms with Crippen molar-refractivity contribution < 1.29 is 53.0 Å². The number of aliphatic hydroxyl groups is 1. The number of rotatable bonds is 13. The van der Waals surface area contributed by atoms with Crippen molar-refractivity contribution in [3.8, 4) is 0 Å². The molecule has 2 aliphatic heterocycles. The summed E-state index contributed by atoms with van der Waals surface area (Å²) in [5.74, 6) is -7.95. The van der Waals surface area contributed by atoms with Crippen molar-refractivity contribution in [2.24, 2.45) is 23.7 Å². The molecule has 0 saturated carbocycles. The lowest BCUT2D eigenvalue weighted by Crippen LogP contribution is -2.62. The Bertz CT molecular complexity index is 2440. The highest BCUT2D eigenvalue weighted by atomic mass is 79.9. The van der Waals surface area contributed by atoms with Gasteiger partial charge < -0.3 is 50.3 Å². The Morgan fingerprint density at radius 2 is 1.26 bits per heavy atom. The van der Waals surface area contributed by atoms with Gasteiger partial charge in [-0.2, -0.15) is 0 Å². The molecule has 2 fully saturated rings. The molecule has 20 heteroatoms. The van der Waals surface area contributed by atoms with Crippen molar-refractivity contribution >= 4 is 69.2 Å². The fourth-order valence-corrected chi connectivity index (χ4v) is 10.6. The van der Waals surface area contributed by atoms with Crippen LogP contribution in [0.5, 0.6) is 0 Å². The molecule has 4 rings (SSSR count). The van der Waals surface area contributed by atoms with Gasteiger partial charge in [0.05, 0.1) is 11.5 Å². The third-order valence-electron chi connectivity index (χ3n) is 15.5. The number of amides is 8. The van der Waals surface area contributed by atoms with Crippen LogP contribution in [0.2, 0.25) is 0 Å². The number of likely N-dealkylation sites (N-methyl/N-ethyl adjacent to an activating group) is 4. The van der Waals surface area contributed by atoms with Crippen LogP contribution in [-0.2, 0) is 60.7 Å². The van der Waals surface area contributed by atoms with Gasteiger partial charge in [0.25, 0.3) is 5.91 Å². The lowest BCUT2D eigenvalue weighted by atomic mass is 9.94. The second-order valence-electron chi connectivity index (χ2n) is 22.5. The van der Waals surface area contributed by atoms with Crippen molar-refractivity contribution in [1.82, 2.24) is 40.4 Å². The molecule has 0 radical (unpaired) electrons. The van der Waals surface area contributed by atoms with E-state index in [1.807, 2.05) is 77.1 Å². The first-order valence-electron chi connectivity index (χ1n) is 27.6. The number of carbonyl (C=O) groups excluding carboxylic acids is 9. The molecule has 19 nitrogen and oxygen atoms in total. The summed E-state index contributed by atoms with van der Waals surface area (Å²) < 4.78 is 6.82. The van der Waals surface area contributed by atoms with E-state index in [1.165, 1.54) is 63.7 Å². The van der Waals surface area contributed by atoms with Crippen LogP contribution in [0.4, 0.5) is 0 Å². The molecule has 0 aromatic heterocycles. The number of halogens is 1. The van der Waals surface area contributed by atoms with E-state index in [2.05, 4.69) is 31.9 Å². The molecule has 2 saturated heterocycles. The smallest absolute Gasteiger partial charge is 0.332 e. The largest absolute Gasteiger partial charge is 0.450 e. The van der Waals surface area contributed by atoms with Crippen molar-refractivity contribution in [2.75, 3.05) is 41.3 Å². The van der Waals surface area contributed by atoms with Crippen molar-refractivity contribution in [1.29, 1.82) is 0 Å². The number of fused-ring (bicyclic) bond motifs is 2. The Morgan fingerprint density at radius 3 is 1.83 bits per heavy atom. The Labute approximate surface area is 470 Å². The molecule has 11 unspecified atom stereocenters. The van der Waals surface area contributed by atoms with E-state index in [9.17, 15) is 38.7 Å². The quantitative estimate of drug-likeness (QED) is 0.204. The van der Waals surface area contributed by atoms with Crippen molar-refractivity contribution in [3.05, 3.63) is 70.2 Å². The highest BCUT2D eigenvalue weighted by Crippen LogP contribution is 2.27. The molecule has 432 valence electrons. The standard InChI is InChI=1S/C58H87BrN8O11/c1-15-22-44-51(70)61-43(31-38-23-19-18-20-24-38)52(71)65(13)45(32-39-25-21-26-41(59)30-39)54(73)67-28-27-40(33-67)50(69)62-46(35(6)16-2)55(74)63(11)37(8)49(68)60-42(29-34(4)5)53(72)66(14)48(58(9,10)77)57(76)78-47(36(7)17-3)56(75)64(44)12/h18-21,23-26,30,34-37,40,42-48,77H,15-17,22,27-29,31-33H2,1-14H3,(H,60,68)(H,61,70)(H,62,69). The molecule has 2 aromatic carbocycles. The van der Waals surface area contributed by atoms with Gasteiger partial charge in [-0.25, -0.2) is 4.79 Å². The number of nitrogens with one attached hydrogen (secondary N) is 3. The molecule has 4 N–H and O–H groups in total. The summed E-state index contributed by atoms with van der Waals surface area (Å²) in [5.41, 5.74) is -0.527. The van der Waals surface area contributed by atoms with Gasteiger partial charge in [-0.1, -0.05) is 120 Å². The monoisotopic (exact) mass is 1150 g/mol. The van der Waals surface area contributed by atoms with E-state index < -0.39 is 125 Å². The van der Waals surface area contributed by atoms with Gasteiger partial charge in [0.1, 0.15) is 36.3 Å². The molecule has 2 aromatic rings. The van der Waals surface area contributed by atoms with Gasteiger partial charge in [0.15, 0.2) is 12.1 Å². The van der Waals surface area contributed by atoms with E-state index >= 15 is 9.59 Å². The molecular weight excluding hydrogens is 1060 g/mol. The average Bonchev–Trinajstić information content (AvgIpc) is 3.93. The highest BCUT2D eigenvalue weighted by Gasteiger charge is 2.47. The predicted octanol–water partition coefficient (Wildman–Crippen LogP) is 4.50. The van der Waals surface area contributed by atoms with Gasteiger partial charge >= 0.3 is 5.97 Å². The number of benzene rings is 2. The zero-order valence-electron chi connectivity index (χ0n) is 48.3. The second-order valence-corrected chi connectivity index (χ2v) is 23.4. The number of hydrogen-bond acceptors (Lipinski definition) is 11. The van der Waals surface area contributed by atoms with Crippen LogP contribution >= 0.6 is 15.9 Å². The first kappa shape index (κ1) is 64.6. The first-order chi connectivity index (χ1) is 36.6. The Kier molecular flexibility index (Phi) is 23.9. The van der Waals surface area contributed by atoms with Crippen LogP contribution < -0.4 is 16.0 Å². The summed E-state index contributed by atoms with van der Waals surface area (Å²) in [7, 11) is 5.65. The summed E-state index contributed by atoms with van der Waals surface area (Å²) in [4.78, 5) is 138. The normalized spacial score (nSPS) is 26.6. The number of cyclic esters (lactones) is 1. The lowest BCUT2D eigenvalue weighted by molar-refractivity contribution is -0.177. The van der Waals surface area contributed by atoms with Crippen LogP contribution in [0.25, 0.3) is 0 Å². The third kappa shape index (κ3) is 16.6. The number of esters is 1. The van der Waals surface area contributed by atoms with E-state index in [1.54, 1.807) is 30.9 Å². The summed E-state index contributed by atoms with van der Waals surface area (Å²) in [6.45, 7) is 17.0. The van der Waals surface area contributed by atoms with Crippen LogP contribution in [0, 0.1) is 23.7 Å². The second kappa shape index (κ2) is 28.8. The summed E-state index contributed by atoms with van der Waals surface area (Å²) >= 11 is 3.53. The Morgan fingerprint density at radius 1 is 0.667 bits per heavy atom. The predicted molar refractivity (Wildman–Crippen MR) is 300 cm³/mol. The van der Waals surface area contributed by atoms with Crippen molar-refractivity contribution in [2.45, 2.75) is 175 Å². The fraction of sp³-hybridized carbons (Fsp3) is 0.638. The number of carbonyl (C=O) groups is 9. The van der Waals surface area contributed by atoms with Crippen molar-refractivity contribution in [3.63, 3.8) is 0 Å². The molecule has 78 heavy (non-hydrogen) atoms. The molecule has 0 aliphatic carbocycles. The van der Waals surface area contributed by atoms with Gasteiger partial charge in [-0.15, -0.1) is 0 Å². The van der Waals surface area contributed by atoms with Crippen LogP contribution in [-0.4, -0.2) is 178 Å². The Hall–Kier alpha value is -5.89. The van der Waals surface area contributed by atoms with Gasteiger partial charge in [-0.05, 0) is 81.5 Å². The number of hydrogen-bond donors (Lipinski definition) is 4. The lowest BCUT2D eigenvalue weighted by Gasteiger charge is -2.39. The van der Waals surface area contributed by atoms with E-state index in [-0.39, 0.29) is 51.1 Å². The SMILES string of the molecule is CCCC1C(=O)NC(Cc2ccccc2)C(=O)N(C)C(Cc2cccc(Br)c2)C(=O)N2CCC(C2)C(=O)NC(C(C)CC)C(=O)N(C)C(C)C(=O)NC(CC(C)C)C(=O)N(C)C(C(C)(C)O)C(=O)OC(C(C)CC)C(=O)N1C. The third-order valence-corrected chi connectivity index (χ3v) is 16.0. The molecule has 2 bridgehead atoms. The summed E-state index contributed by atoms with van der Waals surface area (Å²) in [6.07, 6.45) is 0.310. The molecular formula is C58H87BrN8O11. The molecule has 2 heterocycles. The maximum absolute atomic E-state index is 15.2. The zero-order chi connectivity index (χ0) is 58.5. The number of nitrogens with zero attached hydrogens (tertiary/aromatic N) is 5. The van der Waals surface area contributed by atoms with E-state index in [4.69, 9.17) is 4.74 Å². The molecule has 2 aliphatic rings. The fourth-order valence-electron chi connectivity index (χ4n) is 10.1. The zero-order valence-corrected chi connectivity index (χ0v) is 49.9.